The first kappa shape index (κ1) is 13.8. The number of hydrogen-bond acceptors (Lipinski definition) is 5. The van der Waals surface area contributed by atoms with Crippen LogP contribution in [0.1, 0.15) is 16.1 Å². The average Bonchev–Trinajstić information content (AvgIpc) is 2.73. The lowest BCUT2D eigenvalue weighted by molar-refractivity contribution is 0.751. The van der Waals surface area contributed by atoms with E-state index in [1.807, 2.05) is 44.2 Å². The number of aromatic nitrogens is 2. The molecular formula is C15H16N4OS. The van der Waals surface area contributed by atoms with Crippen LogP contribution in [0.15, 0.2) is 35.1 Å². The fraction of sp³-hybridized carbons (Fsp3) is 0.200. The van der Waals surface area contributed by atoms with E-state index in [1.54, 1.807) is 4.57 Å². The van der Waals surface area contributed by atoms with E-state index >= 15 is 0 Å². The van der Waals surface area contributed by atoms with Gasteiger partial charge in [0.15, 0.2) is 0 Å². The van der Waals surface area contributed by atoms with Gasteiger partial charge in [-0.05, 0) is 26.0 Å². The van der Waals surface area contributed by atoms with Gasteiger partial charge in [0.2, 0.25) is 0 Å². The Labute approximate surface area is 126 Å². The number of hydrogen-bond donors (Lipinski definition) is 2. The number of nitrogens with one attached hydrogen (secondary N) is 1. The van der Waals surface area contributed by atoms with Crippen molar-refractivity contribution in [2.75, 3.05) is 5.43 Å². The SMILES string of the molecule is Cc1sc(=O)n(Cc2cc3ccccc3nc2NN)c1C. The van der Waals surface area contributed by atoms with Gasteiger partial charge in [0.1, 0.15) is 5.82 Å². The molecule has 6 heteroatoms. The molecular weight excluding hydrogens is 284 g/mol. The highest BCUT2D eigenvalue weighted by molar-refractivity contribution is 7.09. The van der Waals surface area contributed by atoms with Crippen LogP contribution in [0.3, 0.4) is 0 Å². The van der Waals surface area contributed by atoms with Crippen molar-refractivity contribution >= 4 is 28.1 Å². The molecule has 3 aromatic rings. The number of fused-ring (bicyclic) bond motifs is 1. The van der Waals surface area contributed by atoms with E-state index in [1.165, 1.54) is 11.3 Å². The molecule has 2 heterocycles. The van der Waals surface area contributed by atoms with Crippen LogP contribution < -0.4 is 16.1 Å². The Kier molecular flexibility index (Phi) is 3.48. The Bertz CT molecular complexity index is 866. The van der Waals surface area contributed by atoms with E-state index < -0.39 is 0 Å². The lowest BCUT2D eigenvalue weighted by Gasteiger charge is -2.11. The maximum Gasteiger partial charge on any atom is 0.307 e. The Morgan fingerprint density at radius 3 is 2.76 bits per heavy atom. The van der Waals surface area contributed by atoms with Crippen LogP contribution in [-0.4, -0.2) is 9.55 Å². The second kappa shape index (κ2) is 5.31. The summed E-state index contributed by atoms with van der Waals surface area (Å²) in [5.41, 5.74) is 5.39. The average molecular weight is 300 g/mol. The summed E-state index contributed by atoms with van der Waals surface area (Å²) >= 11 is 1.27. The zero-order valence-corrected chi connectivity index (χ0v) is 12.7. The van der Waals surface area contributed by atoms with Crippen molar-refractivity contribution in [3.63, 3.8) is 0 Å². The predicted octanol–water partition coefficient (Wildman–Crippen LogP) is 2.41. The van der Waals surface area contributed by atoms with Gasteiger partial charge in [-0.1, -0.05) is 29.5 Å². The predicted molar refractivity (Wildman–Crippen MR) is 86.7 cm³/mol. The molecule has 0 aliphatic heterocycles. The van der Waals surface area contributed by atoms with Crippen LogP contribution in [-0.2, 0) is 6.54 Å². The smallest absolute Gasteiger partial charge is 0.307 e. The quantitative estimate of drug-likeness (QED) is 0.575. The van der Waals surface area contributed by atoms with Crippen LogP contribution in [0, 0.1) is 13.8 Å². The minimum Gasteiger partial charge on any atom is -0.308 e. The first-order valence-electron chi connectivity index (χ1n) is 6.62. The first-order valence-corrected chi connectivity index (χ1v) is 7.44. The summed E-state index contributed by atoms with van der Waals surface area (Å²) in [4.78, 5) is 17.6. The lowest BCUT2D eigenvalue weighted by atomic mass is 10.1. The second-order valence-electron chi connectivity index (χ2n) is 4.93. The summed E-state index contributed by atoms with van der Waals surface area (Å²) < 4.78 is 1.76. The summed E-state index contributed by atoms with van der Waals surface area (Å²) in [6.07, 6.45) is 0. The molecule has 2 aromatic heterocycles. The summed E-state index contributed by atoms with van der Waals surface area (Å²) in [6.45, 7) is 4.38. The van der Waals surface area contributed by atoms with E-state index in [4.69, 9.17) is 5.84 Å². The normalized spacial score (nSPS) is 11.0. The number of pyridine rings is 1. The Morgan fingerprint density at radius 2 is 2.10 bits per heavy atom. The number of nitrogen functional groups attached to an aromatic ring is 1. The molecule has 0 atom stereocenters. The molecule has 3 N–H and O–H groups in total. The van der Waals surface area contributed by atoms with Crippen molar-refractivity contribution in [2.45, 2.75) is 20.4 Å². The van der Waals surface area contributed by atoms with Crippen LogP contribution >= 0.6 is 11.3 Å². The van der Waals surface area contributed by atoms with Crippen molar-refractivity contribution in [1.82, 2.24) is 9.55 Å². The molecule has 5 nitrogen and oxygen atoms in total. The topological polar surface area (TPSA) is 72.9 Å². The maximum atomic E-state index is 12.0. The van der Waals surface area contributed by atoms with Gasteiger partial charge in [-0.3, -0.25) is 9.36 Å². The molecule has 108 valence electrons. The van der Waals surface area contributed by atoms with Gasteiger partial charge < -0.3 is 5.43 Å². The molecule has 0 bridgehead atoms. The molecule has 0 unspecified atom stereocenters. The van der Waals surface area contributed by atoms with E-state index in [0.29, 0.717) is 12.4 Å². The van der Waals surface area contributed by atoms with Gasteiger partial charge in [-0.2, -0.15) is 0 Å². The molecule has 0 radical (unpaired) electrons. The number of nitrogens with two attached hydrogens (primary N) is 1. The zero-order chi connectivity index (χ0) is 15.0. The second-order valence-corrected chi connectivity index (χ2v) is 6.09. The fourth-order valence-electron chi connectivity index (χ4n) is 2.35. The highest BCUT2D eigenvalue weighted by atomic mass is 32.1. The molecule has 1 aromatic carbocycles. The number of aryl methyl sites for hydroxylation is 1. The summed E-state index contributed by atoms with van der Waals surface area (Å²) in [5, 5.41) is 1.03. The van der Waals surface area contributed by atoms with Gasteiger partial charge in [0.05, 0.1) is 12.1 Å². The number of anilines is 1. The minimum atomic E-state index is 0.0427. The fourth-order valence-corrected chi connectivity index (χ4v) is 3.18. The standard InChI is InChI=1S/C15H16N4OS/c1-9-10(2)21-15(20)19(9)8-12-7-11-5-3-4-6-13(11)17-14(12)18-16/h3-7H,8,16H2,1-2H3,(H,17,18). The van der Waals surface area contributed by atoms with Gasteiger partial charge in [0, 0.05) is 21.5 Å². The van der Waals surface area contributed by atoms with Crippen molar-refractivity contribution in [2.24, 2.45) is 5.84 Å². The van der Waals surface area contributed by atoms with Crippen LogP contribution in [0.5, 0.6) is 0 Å². The number of rotatable bonds is 3. The molecule has 0 aliphatic carbocycles. The minimum absolute atomic E-state index is 0.0427. The Morgan fingerprint density at radius 1 is 1.33 bits per heavy atom. The third kappa shape index (κ3) is 2.43. The lowest BCUT2D eigenvalue weighted by Crippen LogP contribution is -2.18. The van der Waals surface area contributed by atoms with Crippen molar-refractivity contribution in [3.05, 3.63) is 56.1 Å². The van der Waals surface area contributed by atoms with E-state index in [2.05, 4.69) is 10.4 Å². The molecule has 21 heavy (non-hydrogen) atoms. The maximum absolute atomic E-state index is 12.0. The van der Waals surface area contributed by atoms with Crippen LogP contribution in [0.4, 0.5) is 5.82 Å². The number of para-hydroxylation sites is 1. The van der Waals surface area contributed by atoms with E-state index in [9.17, 15) is 4.79 Å². The van der Waals surface area contributed by atoms with E-state index in [-0.39, 0.29) is 4.87 Å². The van der Waals surface area contributed by atoms with Gasteiger partial charge in [0.25, 0.3) is 0 Å². The number of benzene rings is 1. The van der Waals surface area contributed by atoms with Crippen LogP contribution in [0.25, 0.3) is 10.9 Å². The van der Waals surface area contributed by atoms with E-state index in [0.717, 1.165) is 27.0 Å². The highest BCUT2D eigenvalue weighted by Crippen LogP contribution is 2.21. The van der Waals surface area contributed by atoms with Gasteiger partial charge >= 0.3 is 4.87 Å². The summed E-state index contributed by atoms with van der Waals surface area (Å²) in [6, 6.07) is 9.87. The van der Waals surface area contributed by atoms with Crippen molar-refractivity contribution < 1.29 is 0 Å². The number of thiazole rings is 1. The summed E-state index contributed by atoms with van der Waals surface area (Å²) in [7, 11) is 0. The molecule has 0 saturated heterocycles. The van der Waals surface area contributed by atoms with Crippen molar-refractivity contribution in [3.8, 4) is 0 Å². The third-order valence-corrected chi connectivity index (χ3v) is 4.64. The number of hydrazine groups is 1. The largest absolute Gasteiger partial charge is 0.308 e. The molecule has 0 saturated carbocycles. The molecule has 0 spiro atoms. The first-order chi connectivity index (χ1) is 10.1. The molecule has 0 aliphatic rings. The monoisotopic (exact) mass is 300 g/mol. The third-order valence-electron chi connectivity index (χ3n) is 3.64. The zero-order valence-electron chi connectivity index (χ0n) is 11.9. The van der Waals surface area contributed by atoms with Crippen LogP contribution in [0.2, 0.25) is 0 Å². The van der Waals surface area contributed by atoms with Gasteiger partial charge in [-0.15, -0.1) is 0 Å². The molecule has 0 fully saturated rings. The molecule has 3 rings (SSSR count). The summed E-state index contributed by atoms with van der Waals surface area (Å²) in [5.74, 6) is 6.18. The highest BCUT2D eigenvalue weighted by Gasteiger charge is 2.12. The van der Waals surface area contributed by atoms with Gasteiger partial charge in [-0.25, -0.2) is 10.8 Å². The van der Waals surface area contributed by atoms with Crippen molar-refractivity contribution in [1.29, 1.82) is 0 Å². The number of nitrogens with zero attached hydrogens (tertiary/aromatic N) is 2. The Hall–Kier alpha value is -2.18. The Balaban J connectivity index is 2.13. The molecule has 0 amide bonds.